The second-order valence-corrected chi connectivity index (χ2v) is 20.2. The van der Waals surface area contributed by atoms with Crippen LogP contribution in [0.4, 0.5) is 5.95 Å². The number of aromatic nitrogens is 4. The summed E-state index contributed by atoms with van der Waals surface area (Å²) in [7, 11) is -3.45. The normalized spacial score (nSPS) is 23.5. The molecular weight excluding hydrogens is 746 g/mol. The van der Waals surface area contributed by atoms with Crippen LogP contribution >= 0.6 is 8.53 Å². The number of benzene rings is 3. The van der Waals surface area contributed by atoms with Crippen LogP contribution in [0.2, 0.25) is 12.6 Å². The first-order valence-electron chi connectivity index (χ1n) is 19.3. The Balaban J connectivity index is 1.00. The molecule has 13 nitrogen and oxygen atoms in total. The molecule has 5 aromatic rings. The summed E-state index contributed by atoms with van der Waals surface area (Å²) in [6, 6.07) is 34.4. The third-order valence-electron chi connectivity index (χ3n) is 10.9. The molecule has 6 atom stereocenters. The molecule has 8 rings (SSSR count). The lowest BCUT2D eigenvalue weighted by atomic mass is 10.1. The smallest absolute Gasteiger partial charge is 0.264 e. The van der Waals surface area contributed by atoms with Crippen LogP contribution < -0.4 is 25.2 Å². The summed E-state index contributed by atoms with van der Waals surface area (Å²) in [4.78, 5) is 26.6. The van der Waals surface area contributed by atoms with Gasteiger partial charge in [0.05, 0.1) is 37.1 Å². The van der Waals surface area contributed by atoms with E-state index in [-0.39, 0.29) is 49.8 Å². The lowest BCUT2D eigenvalue weighted by Gasteiger charge is -2.32. The number of rotatable bonds is 15. The highest BCUT2D eigenvalue weighted by Crippen LogP contribution is 2.59. The highest BCUT2D eigenvalue weighted by atomic mass is 31.2. The van der Waals surface area contributed by atoms with Crippen molar-refractivity contribution in [1.82, 2.24) is 24.2 Å². The maximum atomic E-state index is 12.9. The molecule has 3 aromatic carbocycles. The summed E-state index contributed by atoms with van der Waals surface area (Å²) in [5.74, 6) is 0.322. The number of nitrogens with one attached hydrogen (secondary N) is 1. The number of anilines is 1. The zero-order valence-electron chi connectivity index (χ0n) is 31.6. The molecule has 5 heterocycles. The molecule has 1 amide bonds. The Morgan fingerprint density at radius 2 is 1.71 bits per heavy atom. The summed E-state index contributed by atoms with van der Waals surface area (Å²) >= 11 is 0. The van der Waals surface area contributed by atoms with Crippen molar-refractivity contribution < 1.29 is 28.1 Å². The van der Waals surface area contributed by atoms with E-state index in [1.807, 2.05) is 22.8 Å². The van der Waals surface area contributed by atoms with Crippen LogP contribution in [0, 0.1) is 11.3 Å². The second kappa shape index (κ2) is 17.2. The minimum Gasteiger partial charge on any atom is -0.484 e. The average molecular weight is 792 g/mol. The number of imidazole rings is 1. The van der Waals surface area contributed by atoms with Crippen molar-refractivity contribution in [1.29, 1.82) is 5.26 Å². The fraction of sp³-hybridized carbons (Fsp3) is 0.390. The number of carbonyl (C=O) groups excluding carboxylic acids is 1. The molecule has 3 fully saturated rings. The van der Waals surface area contributed by atoms with E-state index in [0.717, 1.165) is 31.9 Å². The monoisotopic (exact) mass is 791 g/mol. The van der Waals surface area contributed by atoms with E-state index in [1.54, 1.807) is 18.5 Å². The lowest BCUT2D eigenvalue weighted by molar-refractivity contribution is -0.118. The SMILES string of the molecule is CC[C@H]1O[C@@H](n2cnc3c(OCCC#N)nc(NC(=O)COc4ccccc4)nc32)C[C@H]1O[P@@]1O[C@H](C[Si](C)(c2ccccc2)c2ccccc2)[C@@H]2CCCN21. The topological polar surface area (TPSA) is 146 Å². The van der Waals surface area contributed by atoms with Gasteiger partial charge in [0.15, 0.2) is 17.8 Å². The number of para-hydroxylation sites is 1. The third kappa shape index (κ3) is 8.07. The molecule has 1 N–H and O–H groups in total. The molecule has 0 unspecified atom stereocenters. The standard InChI is InChI=1S/C41H46N7O6PSi/c1-3-33-34(53-55-48-23-13-21-32(48)35(54-55)27-56(2,30-17-9-5-10-18-30)31-19-11-6-12-20-31)25-37(52-33)47-28-43-38-39(47)45-41(46-40(38)50-24-14-22-42)44-36(49)26-51-29-15-7-4-8-16-29/h4-12,15-20,28,32-35,37H,3,13-14,21,23-27H2,1-2H3,(H,44,45,46,49)/t32-,33+,34+,35+,37+,55-/m0/s1. The Bertz CT molecular complexity index is 2100. The van der Waals surface area contributed by atoms with Gasteiger partial charge in [-0.05, 0) is 37.4 Å². The number of amides is 1. The number of fused-ring (bicyclic) bond motifs is 2. The predicted octanol–water partition coefficient (Wildman–Crippen LogP) is 6.20. The molecule has 0 bridgehead atoms. The summed E-state index contributed by atoms with van der Waals surface area (Å²) < 4.78 is 36.4. The Hall–Kier alpha value is -4.74. The zero-order valence-corrected chi connectivity index (χ0v) is 33.5. The van der Waals surface area contributed by atoms with Gasteiger partial charge in [0.2, 0.25) is 11.8 Å². The van der Waals surface area contributed by atoms with Crippen LogP contribution in [0.15, 0.2) is 97.3 Å². The molecule has 2 aromatic heterocycles. The fourth-order valence-corrected chi connectivity index (χ4v) is 14.0. The summed E-state index contributed by atoms with van der Waals surface area (Å²) in [5.41, 5.74) is 0.832. The molecular formula is C41H46N7O6PSi. The number of carbonyl (C=O) groups is 1. The minimum absolute atomic E-state index is 0.0289. The highest BCUT2D eigenvalue weighted by molar-refractivity contribution is 7.45. The van der Waals surface area contributed by atoms with Gasteiger partial charge in [0, 0.05) is 19.0 Å². The lowest BCUT2D eigenvalue weighted by Crippen LogP contribution is -2.58. The number of hydrogen-bond acceptors (Lipinski definition) is 11. The van der Waals surface area contributed by atoms with Gasteiger partial charge in [0.25, 0.3) is 14.4 Å². The van der Waals surface area contributed by atoms with Crippen molar-refractivity contribution in [3.05, 3.63) is 97.3 Å². The second-order valence-electron chi connectivity index (χ2n) is 14.5. The van der Waals surface area contributed by atoms with Crippen LogP contribution in [-0.4, -0.2) is 82.3 Å². The van der Waals surface area contributed by atoms with Crippen molar-refractivity contribution >= 4 is 50.0 Å². The van der Waals surface area contributed by atoms with Gasteiger partial charge in [-0.2, -0.15) is 15.2 Å². The molecule has 0 aliphatic carbocycles. The van der Waals surface area contributed by atoms with Gasteiger partial charge in [-0.1, -0.05) is 103 Å². The largest absolute Gasteiger partial charge is 0.484 e. The van der Waals surface area contributed by atoms with Gasteiger partial charge in [-0.25, -0.2) is 9.65 Å². The highest BCUT2D eigenvalue weighted by Gasteiger charge is 2.51. The van der Waals surface area contributed by atoms with Crippen molar-refractivity contribution in [2.45, 2.75) is 82.2 Å². The molecule has 3 saturated heterocycles. The summed E-state index contributed by atoms with van der Waals surface area (Å²) in [5, 5.41) is 14.7. The molecule has 56 heavy (non-hydrogen) atoms. The van der Waals surface area contributed by atoms with Gasteiger partial charge in [-0.3, -0.25) is 14.7 Å². The van der Waals surface area contributed by atoms with Crippen LogP contribution in [0.5, 0.6) is 11.6 Å². The molecule has 0 saturated carbocycles. The minimum atomic E-state index is -2.15. The van der Waals surface area contributed by atoms with E-state index in [9.17, 15) is 4.79 Å². The molecule has 0 radical (unpaired) electrons. The number of ether oxygens (including phenoxy) is 3. The van der Waals surface area contributed by atoms with Crippen molar-refractivity contribution in [2.24, 2.45) is 0 Å². The molecule has 290 valence electrons. The van der Waals surface area contributed by atoms with E-state index >= 15 is 0 Å². The Kier molecular flexibility index (Phi) is 11.7. The van der Waals surface area contributed by atoms with Crippen LogP contribution in [0.3, 0.4) is 0 Å². The molecule has 0 spiro atoms. The van der Waals surface area contributed by atoms with Crippen LogP contribution in [0.1, 0.15) is 45.3 Å². The Morgan fingerprint density at radius 3 is 2.41 bits per heavy atom. The maximum Gasteiger partial charge on any atom is 0.264 e. The van der Waals surface area contributed by atoms with E-state index in [0.29, 0.717) is 29.4 Å². The van der Waals surface area contributed by atoms with Gasteiger partial charge in [0.1, 0.15) is 26.7 Å². The predicted molar refractivity (Wildman–Crippen MR) is 215 cm³/mol. The van der Waals surface area contributed by atoms with Gasteiger partial charge < -0.3 is 23.3 Å². The maximum absolute atomic E-state index is 12.9. The molecule has 15 heteroatoms. The summed E-state index contributed by atoms with van der Waals surface area (Å²) in [6.07, 6.45) is 4.55. The third-order valence-corrected chi connectivity index (χ3v) is 17.1. The first-order valence-corrected chi connectivity index (χ1v) is 23.2. The van der Waals surface area contributed by atoms with Crippen LogP contribution in [0.25, 0.3) is 11.2 Å². The average Bonchev–Trinajstić information content (AvgIpc) is 4.04. The molecule has 3 aliphatic rings. The first-order chi connectivity index (χ1) is 27.4. The van der Waals surface area contributed by atoms with E-state index < -0.39 is 28.7 Å². The first kappa shape index (κ1) is 38.1. The summed E-state index contributed by atoms with van der Waals surface area (Å²) in [6.45, 7) is 5.40. The Morgan fingerprint density at radius 1 is 1.00 bits per heavy atom. The van der Waals surface area contributed by atoms with E-state index in [1.165, 1.54) is 10.4 Å². The fourth-order valence-electron chi connectivity index (χ4n) is 8.02. The quantitative estimate of drug-likeness (QED) is 0.0735. The van der Waals surface area contributed by atoms with Crippen LogP contribution in [-0.2, 0) is 18.6 Å². The number of nitriles is 1. The van der Waals surface area contributed by atoms with Gasteiger partial charge >= 0.3 is 0 Å². The van der Waals surface area contributed by atoms with Gasteiger partial charge in [-0.15, -0.1) is 0 Å². The zero-order chi connectivity index (χ0) is 38.5. The number of nitrogens with zero attached hydrogens (tertiary/aromatic N) is 6. The van der Waals surface area contributed by atoms with Crippen molar-refractivity contribution in [3.8, 4) is 17.7 Å². The van der Waals surface area contributed by atoms with Crippen molar-refractivity contribution in [3.63, 3.8) is 0 Å². The van der Waals surface area contributed by atoms with E-state index in [2.05, 4.69) is 100 Å². The Labute approximate surface area is 328 Å². The molecule has 3 aliphatic heterocycles. The van der Waals surface area contributed by atoms with E-state index in [4.69, 9.17) is 33.5 Å². The number of hydrogen-bond donors (Lipinski definition) is 1. The van der Waals surface area contributed by atoms with Crippen molar-refractivity contribution in [2.75, 3.05) is 25.1 Å².